The number of rotatable bonds is 6. The van der Waals surface area contributed by atoms with Crippen LogP contribution in [0.15, 0.2) is 115 Å². The summed E-state index contributed by atoms with van der Waals surface area (Å²) in [5, 5.41) is 20.7. The molecular weight excluding hydrogens is 614 g/mol. The maximum atomic E-state index is 15.4. The van der Waals surface area contributed by atoms with Gasteiger partial charge in [0.1, 0.15) is 5.54 Å². The van der Waals surface area contributed by atoms with E-state index in [9.17, 15) is 14.9 Å². The Hall–Kier alpha value is -5.41. The number of hydrogen-bond donors (Lipinski definition) is 1. The van der Waals surface area contributed by atoms with Gasteiger partial charge in [0.2, 0.25) is 5.91 Å². The highest BCUT2D eigenvalue weighted by Crippen LogP contribution is 2.65. The number of amides is 1. The molecule has 1 amide bonds. The predicted molar refractivity (Wildman–Crippen MR) is 185 cm³/mol. The average molecular weight is 650 g/mol. The molecule has 4 aromatic carbocycles. The monoisotopic (exact) mass is 649 g/mol. The van der Waals surface area contributed by atoms with E-state index in [1.165, 1.54) is 6.07 Å². The summed E-state index contributed by atoms with van der Waals surface area (Å²) in [6.07, 6.45) is 7.06. The Balaban J connectivity index is 1.35. The van der Waals surface area contributed by atoms with Crippen LogP contribution in [0.25, 0.3) is 16.9 Å². The van der Waals surface area contributed by atoms with Gasteiger partial charge in [0, 0.05) is 52.6 Å². The Kier molecular flexibility index (Phi) is 6.88. The highest BCUT2D eigenvalue weighted by molar-refractivity contribution is 6.13. The van der Waals surface area contributed by atoms with Crippen molar-refractivity contribution < 1.29 is 14.5 Å². The number of nitrogens with zero attached hydrogens (tertiary/aromatic N) is 4. The minimum absolute atomic E-state index is 0.0251. The second kappa shape index (κ2) is 11.3. The molecule has 1 N–H and O–H groups in total. The summed E-state index contributed by atoms with van der Waals surface area (Å²) in [5.74, 6) is -1.69. The van der Waals surface area contributed by atoms with Gasteiger partial charge in [-0.2, -0.15) is 5.10 Å². The molecule has 9 nitrogen and oxygen atoms in total. The number of para-hydroxylation sites is 3. The number of Topliss-reactive ketones (excluding diaryl/α,β-unsaturated/α-hetero) is 1. The molecule has 0 bridgehead atoms. The normalized spacial score (nSPS) is 27.0. The van der Waals surface area contributed by atoms with E-state index in [0.717, 1.165) is 60.2 Å². The molecule has 4 aliphatic rings. The quantitative estimate of drug-likeness (QED) is 0.116. The third-order valence-corrected chi connectivity index (χ3v) is 11.5. The summed E-state index contributed by atoms with van der Waals surface area (Å²) in [5.41, 5.74) is 3.28. The predicted octanol–water partition coefficient (Wildman–Crippen LogP) is 7.52. The summed E-state index contributed by atoms with van der Waals surface area (Å²) in [6.45, 7) is 0. The van der Waals surface area contributed by atoms with Crippen LogP contribution < -0.4 is 5.32 Å². The molecule has 1 spiro atoms. The number of benzene rings is 4. The van der Waals surface area contributed by atoms with Crippen LogP contribution in [-0.2, 0) is 10.3 Å². The fourth-order valence-corrected chi connectivity index (χ4v) is 9.73. The zero-order valence-corrected chi connectivity index (χ0v) is 26.8. The largest absolute Gasteiger partial charge is 0.324 e. The number of fused-ring (bicyclic) bond motifs is 6. The van der Waals surface area contributed by atoms with Crippen LogP contribution in [0, 0.1) is 22.0 Å². The highest BCUT2D eigenvalue weighted by Gasteiger charge is 2.72. The fourth-order valence-electron chi connectivity index (χ4n) is 9.73. The van der Waals surface area contributed by atoms with Crippen LogP contribution in [-0.4, -0.2) is 43.4 Å². The van der Waals surface area contributed by atoms with Crippen molar-refractivity contribution >= 4 is 23.1 Å². The summed E-state index contributed by atoms with van der Waals surface area (Å²) in [4.78, 5) is 44.7. The number of hydrogen-bond acceptors (Lipinski definition) is 6. The maximum absolute atomic E-state index is 15.4. The van der Waals surface area contributed by atoms with E-state index < -0.39 is 28.1 Å². The Labute approximate surface area is 283 Å². The van der Waals surface area contributed by atoms with Gasteiger partial charge < -0.3 is 5.32 Å². The number of carbonyl (C=O) groups is 2. The third-order valence-electron chi connectivity index (χ3n) is 11.5. The van der Waals surface area contributed by atoms with E-state index in [0.29, 0.717) is 11.6 Å². The van der Waals surface area contributed by atoms with Gasteiger partial charge in [-0.05, 0) is 49.4 Å². The molecule has 2 saturated heterocycles. The van der Waals surface area contributed by atoms with E-state index in [2.05, 4.69) is 10.2 Å². The van der Waals surface area contributed by atoms with Gasteiger partial charge in [0.15, 0.2) is 5.78 Å². The first-order valence-electron chi connectivity index (χ1n) is 17.2. The molecule has 9 rings (SSSR count). The molecule has 1 aliphatic carbocycles. The Morgan fingerprint density at radius 2 is 1.55 bits per heavy atom. The van der Waals surface area contributed by atoms with E-state index in [1.807, 2.05) is 95.8 Å². The number of carbonyl (C=O) groups excluding carboxylic acids is 2. The van der Waals surface area contributed by atoms with Gasteiger partial charge in [0.25, 0.3) is 5.69 Å². The Morgan fingerprint density at radius 3 is 2.35 bits per heavy atom. The fraction of sp³-hybridized carbons (Fsp3) is 0.275. The molecule has 0 radical (unpaired) electrons. The molecule has 49 heavy (non-hydrogen) atoms. The van der Waals surface area contributed by atoms with E-state index in [1.54, 1.807) is 18.2 Å². The van der Waals surface area contributed by atoms with Gasteiger partial charge in [-0.3, -0.25) is 24.6 Å². The molecule has 3 aliphatic heterocycles. The Morgan fingerprint density at radius 1 is 0.857 bits per heavy atom. The molecule has 2 unspecified atom stereocenters. The molecule has 1 aromatic heterocycles. The average Bonchev–Trinajstić information content (AvgIpc) is 3.89. The van der Waals surface area contributed by atoms with E-state index in [-0.39, 0.29) is 29.2 Å². The van der Waals surface area contributed by atoms with Crippen LogP contribution in [0.5, 0.6) is 0 Å². The first-order chi connectivity index (χ1) is 24.0. The molecule has 3 fully saturated rings. The van der Waals surface area contributed by atoms with Crippen molar-refractivity contribution in [2.45, 2.75) is 55.6 Å². The van der Waals surface area contributed by atoms with Crippen molar-refractivity contribution in [2.75, 3.05) is 5.32 Å². The number of ketones is 1. The number of aromatic nitrogens is 2. The third kappa shape index (κ3) is 4.31. The van der Waals surface area contributed by atoms with E-state index >= 15 is 4.79 Å². The lowest BCUT2D eigenvalue weighted by Gasteiger charge is -2.43. The maximum Gasteiger partial charge on any atom is 0.280 e. The highest BCUT2D eigenvalue weighted by atomic mass is 16.6. The second-order valence-corrected chi connectivity index (χ2v) is 13.8. The summed E-state index contributed by atoms with van der Waals surface area (Å²) >= 11 is 0. The van der Waals surface area contributed by atoms with E-state index in [4.69, 9.17) is 5.10 Å². The first-order valence-corrected chi connectivity index (χ1v) is 17.2. The zero-order chi connectivity index (χ0) is 33.3. The summed E-state index contributed by atoms with van der Waals surface area (Å²) in [6, 6.07) is 33.6. The smallest absolute Gasteiger partial charge is 0.280 e. The molecular formula is C40H35N5O4. The van der Waals surface area contributed by atoms with Gasteiger partial charge >= 0.3 is 0 Å². The van der Waals surface area contributed by atoms with Gasteiger partial charge in [-0.25, -0.2) is 4.68 Å². The zero-order valence-electron chi connectivity index (χ0n) is 26.8. The van der Waals surface area contributed by atoms with Crippen molar-refractivity contribution in [1.29, 1.82) is 0 Å². The van der Waals surface area contributed by atoms with Crippen LogP contribution in [0.1, 0.15) is 59.5 Å². The van der Waals surface area contributed by atoms with Crippen LogP contribution in [0.3, 0.4) is 0 Å². The molecule has 5 aromatic rings. The standard InChI is InChI=1S/C40H35N5O4/c46-38(28-18-8-12-22-33(28)45(48)49)36-35(29-24-43(27-16-5-2-6-17-27)42-37(29)25-13-3-1-4-14-25)34-23-26-15-7-11-21-32(26)44(34)40(36)30-19-9-10-20-31(30)41-39(40)47/h1-6,8-10,12-14,16-20,22,24,26,32,34-36H,7,11,15,21,23H2,(H,41,47)/t26?,32?,34-,35+,36+,40-/m0/s1. The van der Waals surface area contributed by atoms with Crippen molar-refractivity contribution in [3.8, 4) is 16.9 Å². The molecule has 4 heterocycles. The first kappa shape index (κ1) is 29.7. The minimum atomic E-state index is -1.35. The molecule has 1 saturated carbocycles. The number of nitro groups is 1. The topological polar surface area (TPSA) is 110 Å². The second-order valence-electron chi connectivity index (χ2n) is 13.8. The van der Waals surface area contributed by atoms with Crippen LogP contribution in [0.2, 0.25) is 0 Å². The van der Waals surface area contributed by atoms with Crippen LogP contribution >= 0.6 is 0 Å². The van der Waals surface area contributed by atoms with Crippen molar-refractivity contribution in [3.05, 3.63) is 142 Å². The Bertz CT molecular complexity index is 2110. The van der Waals surface area contributed by atoms with Crippen LogP contribution in [0.4, 0.5) is 11.4 Å². The van der Waals surface area contributed by atoms with Gasteiger partial charge in [-0.1, -0.05) is 91.7 Å². The van der Waals surface area contributed by atoms with Crippen molar-refractivity contribution in [3.63, 3.8) is 0 Å². The van der Waals surface area contributed by atoms with Crippen molar-refractivity contribution in [2.24, 2.45) is 11.8 Å². The lowest BCUT2D eigenvalue weighted by Crippen LogP contribution is -2.56. The number of nitro benzene ring substituents is 1. The molecule has 244 valence electrons. The number of anilines is 1. The van der Waals surface area contributed by atoms with Gasteiger partial charge in [0.05, 0.1) is 27.8 Å². The SMILES string of the molecule is O=C(c1ccccc1[N+](=O)[O-])[C@H]1[C@H](c2cn(-c3ccccc3)nc2-c2ccccc2)[C@@H]2CC3CCCCC3N2[C@]12C(=O)Nc1ccccc12. The van der Waals surface area contributed by atoms with Crippen molar-refractivity contribution in [1.82, 2.24) is 14.7 Å². The molecule has 9 heteroatoms. The van der Waals surface area contributed by atoms with Gasteiger partial charge in [-0.15, -0.1) is 0 Å². The number of nitrogens with one attached hydrogen (secondary N) is 1. The summed E-state index contributed by atoms with van der Waals surface area (Å²) in [7, 11) is 0. The lowest BCUT2D eigenvalue weighted by atomic mass is 9.67. The molecule has 6 atom stereocenters. The lowest BCUT2D eigenvalue weighted by molar-refractivity contribution is -0.385. The minimum Gasteiger partial charge on any atom is -0.324 e. The summed E-state index contributed by atoms with van der Waals surface area (Å²) < 4.78 is 1.87.